The number of rotatable bonds is 6. The van der Waals surface area contributed by atoms with E-state index in [-0.39, 0.29) is 11.7 Å². The third-order valence-corrected chi connectivity index (χ3v) is 5.39. The second-order valence-electron chi connectivity index (χ2n) is 6.14. The highest BCUT2D eigenvalue weighted by Crippen LogP contribution is 2.34. The summed E-state index contributed by atoms with van der Waals surface area (Å²) in [6, 6.07) is 7.55. The smallest absolute Gasteiger partial charge is 0.227 e. The van der Waals surface area contributed by atoms with Crippen molar-refractivity contribution in [2.24, 2.45) is 0 Å². The second kappa shape index (κ2) is 8.27. The van der Waals surface area contributed by atoms with Gasteiger partial charge in [0, 0.05) is 29.4 Å². The zero-order valence-electron chi connectivity index (χ0n) is 14.3. The lowest BCUT2D eigenvalue weighted by atomic mass is 10.00. The first-order chi connectivity index (χ1) is 12.5. The van der Waals surface area contributed by atoms with E-state index in [9.17, 15) is 13.6 Å². The SMILES string of the molecule is CCCN1C(=O)CCc2cc(NSCc3ccc(F)cc3Cl)cc(F)c21. The van der Waals surface area contributed by atoms with Crippen molar-refractivity contribution in [3.63, 3.8) is 0 Å². The third-order valence-electron chi connectivity index (χ3n) is 4.20. The molecule has 1 N–H and O–H groups in total. The number of hydrogen-bond donors (Lipinski definition) is 1. The molecule has 0 radical (unpaired) electrons. The van der Waals surface area contributed by atoms with Crippen LogP contribution in [-0.4, -0.2) is 12.5 Å². The van der Waals surface area contributed by atoms with Gasteiger partial charge in [-0.15, -0.1) is 0 Å². The summed E-state index contributed by atoms with van der Waals surface area (Å²) in [6.45, 7) is 2.49. The average Bonchev–Trinajstić information content (AvgIpc) is 2.59. The Hall–Kier alpha value is -1.79. The first-order valence-corrected chi connectivity index (χ1v) is 9.80. The monoisotopic (exact) mass is 396 g/mol. The van der Waals surface area contributed by atoms with Gasteiger partial charge in [-0.2, -0.15) is 0 Å². The molecule has 0 aromatic heterocycles. The van der Waals surface area contributed by atoms with Crippen molar-refractivity contribution in [2.75, 3.05) is 16.2 Å². The van der Waals surface area contributed by atoms with Crippen molar-refractivity contribution in [3.05, 3.63) is 58.1 Å². The van der Waals surface area contributed by atoms with Crippen molar-refractivity contribution in [2.45, 2.75) is 31.9 Å². The lowest BCUT2D eigenvalue weighted by Gasteiger charge is -2.30. The van der Waals surface area contributed by atoms with Crippen LogP contribution < -0.4 is 9.62 Å². The number of carbonyl (C=O) groups is 1. The molecule has 1 aliphatic heterocycles. The van der Waals surface area contributed by atoms with Crippen LogP contribution in [0.2, 0.25) is 5.02 Å². The van der Waals surface area contributed by atoms with E-state index in [4.69, 9.17) is 11.6 Å². The van der Waals surface area contributed by atoms with E-state index in [1.807, 2.05) is 13.0 Å². The van der Waals surface area contributed by atoms with Gasteiger partial charge in [-0.1, -0.05) is 24.6 Å². The molecule has 0 atom stereocenters. The van der Waals surface area contributed by atoms with Crippen LogP contribution in [0.15, 0.2) is 30.3 Å². The Morgan fingerprint density at radius 1 is 1.23 bits per heavy atom. The number of halogens is 3. The molecular weight excluding hydrogens is 378 g/mol. The summed E-state index contributed by atoms with van der Waals surface area (Å²) in [4.78, 5) is 13.6. The second-order valence-corrected chi connectivity index (χ2v) is 7.33. The van der Waals surface area contributed by atoms with Gasteiger partial charge in [0.2, 0.25) is 5.91 Å². The van der Waals surface area contributed by atoms with Gasteiger partial charge in [0.25, 0.3) is 0 Å². The lowest BCUT2D eigenvalue weighted by molar-refractivity contribution is -0.118. The summed E-state index contributed by atoms with van der Waals surface area (Å²) in [5.41, 5.74) is 2.67. The number of anilines is 2. The highest BCUT2D eigenvalue weighted by atomic mass is 35.5. The van der Waals surface area contributed by atoms with E-state index in [1.54, 1.807) is 11.0 Å². The molecule has 2 aromatic rings. The normalized spacial score (nSPS) is 13.7. The zero-order chi connectivity index (χ0) is 18.7. The van der Waals surface area contributed by atoms with Gasteiger partial charge in [-0.25, -0.2) is 8.78 Å². The van der Waals surface area contributed by atoms with Crippen molar-refractivity contribution < 1.29 is 13.6 Å². The molecule has 2 aromatic carbocycles. The van der Waals surface area contributed by atoms with Crippen molar-refractivity contribution in [1.82, 2.24) is 0 Å². The molecule has 26 heavy (non-hydrogen) atoms. The van der Waals surface area contributed by atoms with Gasteiger partial charge >= 0.3 is 0 Å². The van der Waals surface area contributed by atoms with Gasteiger partial charge in [-0.3, -0.25) is 4.79 Å². The quantitative estimate of drug-likeness (QED) is 0.648. The fourth-order valence-electron chi connectivity index (χ4n) is 3.01. The number of fused-ring (bicyclic) bond motifs is 1. The molecule has 3 nitrogen and oxygen atoms in total. The number of aryl methyl sites for hydroxylation is 1. The van der Waals surface area contributed by atoms with Crippen LogP contribution in [0.1, 0.15) is 30.9 Å². The molecule has 3 rings (SSSR count). The van der Waals surface area contributed by atoms with Crippen LogP contribution in [0.3, 0.4) is 0 Å². The van der Waals surface area contributed by atoms with Crippen LogP contribution in [0.4, 0.5) is 20.2 Å². The first-order valence-electron chi connectivity index (χ1n) is 8.44. The number of nitrogens with zero attached hydrogens (tertiary/aromatic N) is 1. The van der Waals surface area contributed by atoms with E-state index in [0.717, 1.165) is 17.5 Å². The highest BCUT2D eigenvalue weighted by molar-refractivity contribution is 7.99. The fraction of sp³-hybridized carbons (Fsp3) is 0.316. The van der Waals surface area contributed by atoms with Gasteiger partial charge in [0.15, 0.2) is 0 Å². The molecule has 0 saturated carbocycles. The average molecular weight is 397 g/mol. The lowest BCUT2D eigenvalue weighted by Crippen LogP contribution is -2.36. The molecule has 0 aliphatic carbocycles. The van der Waals surface area contributed by atoms with Crippen LogP contribution in [-0.2, 0) is 17.0 Å². The molecule has 7 heteroatoms. The molecule has 0 saturated heterocycles. The first kappa shape index (κ1) is 19.0. The molecule has 0 fully saturated rings. The minimum absolute atomic E-state index is 0.0284. The number of nitrogens with one attached hydrogen (secondary N) is 1. The molecular formula is C19H19ClF2N2OS. The van der Waals surface area contributed by atoms with Gasteiger partial charge in [0.1, 0.15) is 11.6 Å². The third kappa shape index (κ3) is 4.13. The van der Waals surface area contributed by atoms with Crippen LogP contribution in [0.25, 0.3) is 0 Å². The minimum Gasteiger partial charge on any atom is -0.329 e. The van der Waals surface area contributed by atoms with E-state index in [0.29, 0.717) is 41.5 Å². The van der Waals surface area contributed by atoms with E-state index in [2.05, 4.69) is 4.72 Å². The van der Waals surface area contributed by atoms with Crippen LogP contribution in [0.5, 0.6) is 0 Å². The molecule has 138 valence electrons. The van der Waals surface area contributed by atoms with Crippen molar-refractivity contribution in [3.8, 4) is 0 Å². The summed E-state index contributed by atoms with van der Waals surface area (Å²) < 4.78 is 30.8. The van der Waals surface area contributed by atoms with Gasteiger partial charge < -0.3 is 9.62 Å². The number of carbonyl (C=O) groups excluding carboxylic acids is 1. The maximum absolute atomic E-state index is 14.6. The van der Waals surface area contributed by atoms with E-state index < -0.39 is 5.82 Å². The van der Waals surface area contributed by atoms with E-state index in [1.165, 1.54) is 30.1 Å². The molecule has 1 heterocycles. The largest absolute Gasteiger partial charge is 0.329 e. The summed E-state index contributed by atoms with van der Waals surface area (Å²) in [5, 5.41) is 0.365. The maximum atomic E-state index is 14.6. The van der Waals surface area contributed by atoms with Crippen molar-refractivity contribution >= 4 is 40.8 Å². The standard InChI is InChI=1S/C19H19ClF2N2OS/c1-2-7-24-18(25)6-4-12-8-15(10-17(22)19(12)24)23-26-11-13-3-5-14(21)9-16(13)20/h3,5,8-10,23H,2,4,6-7,11H2,1H3. The minimum atomic E-state index is -0.396. The fourth-order valence-corrected chi connectivity index (χ4v) is 4.08. The number of benzene rings is 2. The Bertz CT molecular complexity index is 831. The Balaban J connectivity index is 1.72. The Morgan fingerprint density at radius 3 is 2.77 bits per heavy atom. The zero-order valence-corrected chi connectivity index (χ0v) is 15.9. The molecule has 0 bridgehead atoms. The van der Waals surface area contributed by atoms with Gasteiger partial charge in [-0.05, 0) is 60.2 Å². The summed E-state index contributed by atoms with van der Waals surface area (Å²) in [5.74, 6) is -0.288. The predicted octanol–water partition coefficient (Wildman–Crippen LogP) is 5.57. The Labute approximate surface area is 160 Å². The van der Waals surface area contributed by atoms with Crippen LogP contribution in [0, 0.1) is 11.6 Å². The number of amides is 1. The Kier molecular flexibility index (Phi) is 6.04. The van der Waals surface area contributed by atoms with Crippen molar-refractivity contribution in [1.29, 1.82) is 0 Å². The van der Waals surface area contributed by atoms with Crippen LogP contribution >= 0.6 is 23.5 Å². The molecule has 1 aliphatic rings. The highest BCUT2D eigenvalue weighted by Gasteiger charge is 2.27. The maximum Gasteiger partial charge on any atom is 0.227 e. The topological polar surface area (TPSA) is 32.3 Å². The summed E-state index contributed by atoms with van der Waals surface area (Å²) in [6.07, 6.45) is 1.71. The van der Waals surface area contributed by atoms with E-state index >= 15 is 0 Å². The molecule has 0 spiro atoms. The number of hydrogen-bond acceptors (Lipinski definition) is 3. The molecule has 1 amide bonds. The summed E-state index contributed by atoms with van der Waals surface area (Å²) >= 11 is 7.36. The van der Waals surface area contributed by atoms with Gasteiger partial charge in [0.05, 0.1) is 5.69 Å². The predicted molar refractivity (Wildman–Crippen MR) is 104 cm³/mol. The summed E-state index contributed by atoms with van der Waals surface area (Å²) in [7, 11) is 0. The Morgan fingerprint density at radius 2 is 2.04 bits per heavy atom. The molecule has 0 unspecified atom stereocenters.